The molecule has 0 amide bonds. The number of benzene rings is 2. The lowest BCUT2D eigenvalue weighted by molar-refractivity contribution is 0.594. The Kier molecular flexibility index (Phi) is 5.61. The third-order valence-electron chi connectivity index (χ3n) is 3.49. The van der Waals surface area contributed by atoms with Crippen LogP contribution in [0.15, 0.2) is 94.5 Å². The van der Waals surface area contributed by atoms with Crippen molar-refractivity contribution in [1.82, 2.24) is 4.98 Å². The van der Waals surface area contributed by atoms with Crippen molar-refractivity contribution in [3.05, 3.63) is 101 Å². The zero-order valence-corrected chi connectivity index (χ0v) is 15.2. The van der Waals surface area contributed by atoms with Gasteiger partial charge in [0.2, 0.25) is 0 Å². The highest BCUT2D eigenvalue weighted by molar-refractivity contribution is 7.90. The summed E-state index contributed by atoms with van der Waals surface area (Å²) < 4.78 is 29.2. The summed E-state index contributed by atoms with van der Waals surface area (Å²) in [5.74, 6) is 0. The van der Waals surface area contributed by atoms with E-state index in [-0.39, 0.29) is 5.03 Å². The maximum Gasteiger partial charge on any atom is 0.300 e. The van der Waals surface area contributed by atoms with E-state index in [2.05, 4.69) is 9.38 Å². The number of nitrogens with zero attached hydrogens (tertiary/aromatic N) is 2. The van der Waals surface area contributed by atoms with E-state index in [1.807, 2.05) is 30.3 Å². The zero-order valence-electron chi connectivity index (χ0n) is 13.7. The van der Waals surface area contributed by atoms with Crippen molar-refractivity contribution in [2.45, 2.75) is 5.03 Å². The molecule has 0 fully saturated rings. The largest absolute Gasteiger partial charge is 0.300 e. The molecule has 1 aromatic heterocycles. The Morgan fingerprint density at radius 1 is 0.923 bits per heavy atom. The average molecular weight is 383 g/mol. The van der Waals surface area contributed by atoms with Crippen LogP contribution < -0.4 is 0 Å². The lowest BCUT2D eigenvalue weighted by atomic mass is 10.1. The number of pyridine rings is 1. The molecule has 2 aromatic carbocycles. The number of allylic oxidation sites excluding steroid dienone is 1. The highest BCUT2D eigenvalue weighted by Gasteiger charge is 2.15. The van der Waals surface area contributed by atoms with Gasteiger partial charge in [0.15, 0.2) is 5.03 Å². The van der Waals surface area contributed by atoms with Crippen LogP contribution in [0, 0.1) is 0 Å². The topological polar surface area (TPSA) is 59.4 Å². The van der Waals surface area contributed by atoms with Gasteiger partial charge in [0.1, 0.15) is 0 Å². The molecule has 0 spiro atoms. The molecule has 0 bridgehead atoms. The fourth-order valence-electron chi connectivity index (χ4n) is 2.22. The molecule has 0 atom stereocenters. The molecule has 3 aromatic rings. The van der Waals surface area contributed by atoms with Crippen molar-refractivity contribution in [2.75, 3.05) is 0 Å². The minimum absolute atomic E-state index is 0.0976. The third-order valence-corrected chi connectivity index (χ3v) is 4.95. The van der Waals surface area contributed by atoms with E-state index in [9.17, 15) is 8.42 Å². The Morgan fingerprint density at radius 2 is 1.62 bits per heavy atom. The monoisotopic (exact) mass is 382 g/mol. The quantitative estimate of drug-likeness (QED) is 0.604. The van der Waals surface area contributed by atoms with Gasteiger partial charge in [-0.1, -0.05) is 66.2 Å². The van der Waals surface area contributed by atoms with Crippen molar-refractivity contribution in [2.24, 2.45) is 4.40 Å². The first-order valence-electron chi connectivity index (χ1n) is 7.80. The van der Waals surface area contributed by atoms with Gasteiger partial charge in [0, 0.05) is 16.8 Å². The van der Waals surface area contributed by atoms with E-state index in [0.29, 0.717) is 16.3 Å². The highest BCUT2D eigenvalue weighted by Crippen LogP contribution is 2.15. The van der Waals surface area contributed by atoms with E-state index < -0.39 is 10.0 Å². The number of hydrogen-bond donors (Lipinski definition) is 0. The fourth-order valence-corrected chi connectivity index (χ4v) is 3.30. The Balaban J connectivity index is 2.05. The molecular formula is C20H15ClN2O2S. The molecule has 0 saturated heterocycles. The van der Waals surface area contributed by atoms with Crippen LogP contribution in [-0.2, 0) is 10.0 Å². The summed E-state index contributed by atoms with van der Waals surface area (Å²) in [6.07, 6.45) is 4.89. The van der Waals surface area contributed by atoms with Crippen LogP contribution in [0.1, 0.15) is 11.1 Å². The first-order chi connectivity index (χ1) is 12.5. The van der Waals surface area contributed by atoms with Gasteiger partial charge >= 0.3 is 0 Å². The zero-order chi connectivity index (χ0) is 18.4. The standard InChI is InChI=1S/C20H15ClN2O2S/c21-18-12-10-17(11-13-18)19(14-9-16-6-2-1-3-7-16)23-26(24,25)20-8-4-5-15-22-20/h1-15H/b14-9+,23-19-. The molecule has 1 heterocycles. The SMILES string of the molecule is O=S(=O)(/N=C(/C=C/c1ccccc1)c1ccc(Cl)cc1)c1ccccn1. The van der Waals surface area contributed by atoms with Gasteiger partial charge in [0.25, 0.3) is 10.0 Å². The second kappa shape index (κ2) is 8.08. The molecule has 0 aliphatic rings. The molecule has 0 aliphatic carbocycles. The second-order valence-corrected chi connectivity index (χ2v) is 7.36. The molecule has 0 saturated carbocycles. The van der Waals surface area contributed by atoms with Crippen molar-refractivity contribution in [3.8, 4) is 0 Å². The Morgan fingerprint density at radius 3 is 2.27 bits per heavy atom. The molecule has 0 aliphatic heterocycles. The predicted molar refractivity (Wildman–Crippen MR) is 105 cm³/mol. The molecule has 0 radical (unpaired) electrons. The molecule has 130 valence electrons. The summed E-state index contributed by atoms with van der Waals surface area (Å²) >= 11 is 5.93. The van der Waals surface area contributed by atoms with Gasteiger partial charge in [-0.05, 0) is 35.9 Å². The minimum atomic E-state index is -3.93. The molecule has 0 unspecified atom stereocenters. The number of sulfonamides is 1. The van der Waals surface area contributed by atoms with Gasteiger partial charge in [-0.2, -0.15) is 12.8 Å². The average Bonchev–Trinajstić information content (AvgIpc) is 2.67. The summed E-state index contributed by atoms with van der Waals surface area (Å²) in [5.41, 5.74) is 1.88. The molecule has 6 heteroatoms. The maximum absolute atomic E-state index is 12.6. The van der Waals surface area contributed by atoms with Gasteiger partial charge in [-0.15, -0.1) is 0 Å². The van der Waals surface area contributed by atoms with Gasteiger partial charge in [0.05, 0.1) is 5.71 Å². The molecule has 3 rings (SSSR count). The summed E-state index contributed by atoms with van der Waals surface area (Å²) in [6, 6.07) is 21.1. The Labute approximate surface area is 157 Å². The number of rotatable bonds is 5. The van der Waals surface area contributed by atoms with E-state index in [0.717, 1.165) is 5.56 Å². The van der Waals surface area contributed by atoms with Crippen LogP contribution in [0.3, 0.4) is 0 Å². The Hall–Kier alpha value is -2.76. The first kappa shape index (κ1) is 18.0. The van der Waals surface area contributed by atoms with Crippen molar-refractivity contribution >= 4 is 33.4 Å². The van der Waals surface area contributed by atoms with Crippen molar-refractivity contribution in [3.63, 3.8) is 0 Å². The van der Waals surface area contributed by atoms with Crippen molar-refractivity contribution in [1.29, 1.82) is 0 Å². The van der Waals surface area contributed by atoms with Crippen LogP contribution in [0.5, 0.6) is 0 Å². The van der Waals surface area contributed by atoms with Crippen LogP contribution in [0.2, 0.25) is 5.02 Å². The van der Waals surface area contributed by atoms with E-state index >= 15 is 0 Å². The van der Waals surface area contributed by atoms with Gasteiger partial charge in [-0.3, -0.25) is 0 Å². The predicted octanol–water partition coefficient (Wildman–Crippen LogP) is 4.63. The molecule has 26 heavy (non-hydrogen) atoms. The fraction of sp³-hybridized carbons (Fsp3) is 0. The van der Waals surface area contributed by atoms with Gasteiger partial charge in [-0.25, -0.2) is 4.98 Å². The summed E-state index contributed by atoms with van der Waals surface area (Å²) in [5, 5.41) is 0.465. The Bertz CT molecular complexity index is 1030. The van der Waals surface area contributed by atoms with E-state index in [1.165, 1.54) is 12.3 Å². The summed E-state index contributed by atoms with van der Waals surface area (Å²) in [7, 11) is -3.93. The lowest BCUT2D eigenvalue weighted by Gasteiger charge is -2.04. The summed E-state index contributed by atoms with van der Waals surface area (Å²) in [6.45, 7) is 0. The third kappa shape index (κ3) is 4.65. The smallest absolute Gasteiger partial charge is 0.243 e. The highest BCUT2D eigenvalue weighted by atomic mass is 35.5. The van der Waals surface area contributed by atoms with Crippen molar-refractivity contribution < 1.29 is 8.42 Å². The number of halogens is 1. The number of hydrogen-bond acceptors (Lipinski definition) is 3. The van der Waals surface area contributed by atoms with Gasteiger partial charge < -0.3 is 0 Å². The normalized spacial score (nSPS) is 12.4. The number of aromatic nitrogens is 1. The maximum atomic E-state index is 12.6. The summed E-state index contributed by atoms with van der Waals surface area (Å²) in [4.78, 5) is 3.89. The minimum Gasteiger partial charge on any atom is -0.243 e. The van der Waals surface area contributed by atoms with Crippen LogP contribution in [0.25, 0.3) is 6.08 Å². The first-order valence-corrected chi connectivity index (χ1v) is 9.61. The van der Waals surface area contributed by atoms with Crippen LogP contribution in [-0.4, -0.2) is 19.1 Å². The van der Waals surface area contributed by atoms with Crippen LogP contribution >= 0.6 is 11.6 Å². The van der Waals surface area contributed by atoms with E-state index in [4.69, 9.17) is 11.6 Å². The lowest BCUT2D eigenvalue weighted by Crippen LogP contribution is -2.05. The molecular weight excluding hydrogens is 368 g/mol. The molecule has 0 N–H and O–H groups in total. The van der Waals surface area contributed by atoms with E-state index in [1.54, 1.807) is 48.6 Å². The second-order valence-electron chi connectivity index (χ2n) is 5.37. The molecule has 4 nitrogen and oxygen atoms in total. The van der Waals surface area contributed by atoms with Crippen LogP contribution in [0.4, 0.5) is 0 Å².